The molecule has 0 saturated heterocycles. The lowest BCUT2D eigenvalue weighted by Crippen LogP contribution is -2.58. The van der Waals surface area contributed by atoms with Crippen molar-refractivity contribution in [2.75, 3.05) is 0 Å². The highest BCUT2D eigenvalue weighted by Crippen LogP contribution is 2.28. The molecule has 2 heteroatoms. The fraction of sp³-hybridized carbons (Fsp3) is 0.0588. The molecule has 5 aromatic rings. The first kappa shape index (κ1) is 23.8. The summed E-state index contributed by atoms with van der Waals surface area (Å²) in [6.07, 6.45) is 0. The molecule has 0 aromatic heterocycles. The maximum absolute atomic E-state index is 2.52. The normalized spacial score (nSPS) is 12.1. The van der Waals surface area contributed by atoms with Crippen LogP contribution in [0.15, 0.2) is 157 Å². The van der Waals surface area contributed by atoms with Gasteiger partial charge in [-0.1, -0.05) is 180 Å². The molecule has 0 aliphatic heterocycles. The van der Waals surface area contributed by atoms with Crippen molar-refractivity contribution in [3.05, 3.63) is 162 Å². The fourth-order valence-electron chi connectivity index (χ4n) is 5.45. The van der Waals surface area contributed by atoms with Gasteiger partial charge in [-0.3, -0.25) is 0 Å². The lowest BCUT2D eigenvalue weighted by atomic mass is 9.35. The van der Waals surface area contributed by atoms with Crippen molar-refractivity contribution in [1.82, 2.24) is 0 Å². The average molecular weight is 479 g/mol. The van der Waals surface area contributed by atoms with Crippen LogP contribution in [0.25, 0.3) is 5.47 Å². The zero-order chi connectivity index (χ0) is 24.8. The van der Waals surface area contributed by atoms with Crippen LogP contribution in [0.1, 0.15) is 12.5 Å². The van der Waals surface area contributed by atoms with Gasteiger partial charge in [0.2, 0.25) is 6.71 Å². The van der Waals surface area contributed by atoms with Gasteiger partial charge in [-0.25, -0.2) is 0 Å². The van der Waals surface area contributed by atoms with E-state index in [1.165, 1.54) is 37.5 Å². The quantitative estimate of drug-likeness (QED) is 0.262. The Bertz CT molecular complexity index is 1330. The number of rotatable bonds is 7. The minimum Gasteiger partial charge on any atom is -0.0788 e. The van der Waals surface area contributed by atoms with E-state index >= 15 is 0 Å². The van der Waals surface area contributed by atoms with E-state index in [2.05, 4.69) is 165 Å². The zero-order valence-electron chi connectivity index (χ0n) is 21.0. The van der Waals surface area contributed by atoms with Gasteiger partial charge in [-0.2, -0.15) is 0 Å². The van der Waals surface area contributed by atoms with Gasteiger partial charge in [0.25, 0.3) is 0 Å². The molecule has 0 amide bonds. The third-order valence-electron chi connectivity index (χ3n) is 7.50. The average Bonchev–Trinajstić information content (AvgIpc) is 2.97. The highest BCUT2D eigenvalue weighted by molar-refractivity contribution is 7.10. The van der Waals surface area contributed by atoms with Crippen LogP contribution in [0.5, 0.6) is 0 Å². The van der Waals surface area contributed by atoms with Gasteiger partial charge in [0, 0.05) is 0 Å². The summed E-state index contributed by atoms with van der Waals surface area (Å²) in [6.45, 7) is 5.05. The molecule has 0 spiro atoms. The Balaban J connectivity index is 1.87. The van der Waals surface area contributed by atoms with Crippen molar-refractivity contribution in [3.8, 4) is 0 Å². The third-order valence-corrected chi connectivity index (χ3v) is 12.2. The maximum atomic E-state index is 2.52. The van der Waals surface area contributed by atoms with Crippen molar-refractivity contribution in [1.29, 1.82) is 0 Å². The first-order valence-electron chi connectivity index (χ1n) is 12.7. The number of hydrogen-bond donors (Lipinski definition) is 0. The van der Waals surface area contributed by atoms with Crippen LogP contribution in [-0.2, 0) is 0 Å². The number of hydrogen-bond acceptors (Lipinski definition) is 0. The van der Waals surface area contributed by atoms with Gasteiger partial charge >= 0.3 is 0 Å². The number of allylic oxidation sites excluding steroid dienone is 1. The summed E-state index contributed by atoms with van der Waals surface area (Å²) in [7, 11) is -2.30. The second-order valence-electron chi connectivity index (χ2n) is 9.52. The van der Waals surface area contributed by atoms with Crippen molar-refractivity contribution >= 4 is 41.6 Å². The van der Waals surface area contributed by atoms with Crippen LogP contribution in [0, 0.1) is 0 Å². The van der Waals surface area contributed by atoms with Gasteiger partial charge in [0.15, 0.2) is 0 Å². The predicted molar refractivity (Wildman–Crippen MR) is 161 cm³/mol. The van der Waals surface area contributed by atoms with Gasteiger partial charge in [0.05, 0.1) is 0 Å². The Hall–Kier alpha value is -3.88. The first-order valence-corrected chi connectivity index (χ1v) is 15.2. The lowest BCUT2D eigenvalue weighted by molar-refractivity contribution is 1.54. The molecular weight excluding hydrogens is 447 g/mol. The van der Waals surface area contributed by atoms with E-state index in [9.17, 15) is 0 Å². The second kappa shape index (κ2) is 10.8. The van der Waals surface area contributed by atoms with Crippen molar-refractivity contribution in [2.45, 2.75) is 13.5 Å². The third kappa shape index (κ3) is 4.65. The molecule has 0 aliphatic carbocycles. The molecule has 36 heavy (non-hydrogen) atoms. The summed E-state index contributed by atoms with van der Waals surface area (Å²) < 4.78 is 0. The second-order valence-corrected chi connectivity index (χ2v) is 13.7. The van der Waals surface area contributed by atoms with E-state index in [4.69, 9.17) is 0 Å². The van der Waals surface area contributed by atoms with Gasteiger partial charge in [-0.05, 0) is 22.9 Å². The van der Waals surface area contributed by atoms with Crippen LogP contribution < -0.4 is 21.3 Å². The Kier molecular flexibility index (Phi) is 7.16. The van der Waals surface area contributed by atoms with E-state index < -0.39 is 8.07 Å². The van der Waals surface area contributed by atoms with Crippen LogP contribution in [0.4, 0.5) is 0 Å². The largest absolute Gasteiger partial charge is 0.241 e. The van der Waals surface area contributed by atoms with E-state index in [0.717, 1.165) is 0 Å². The summed E-state index contributed by atoms with van der Waals surface area (Å²) in [5.74, 6) is 0. The first-order chi connectivity index (χ1) is 17.7. The highest BCUT2D eigenvalue weighted by atomic mass is 28.3. The molecule has 0 saturated carbocycles. The van der Waals surface area contributed by atoms with Crippen molar-refractivity contribution < 1.29 is 0 Å². The lowest BCUT2D eigenvalue weighted by Gasteiger charge is -2.34. The van der Waals surface area contributed by atoms with Crippen molar-refractivity contribution in [2.24, 2.45) is 0 Å². The standard InChI is InChI=1S/C34H31BSi/c1-28(36(2,32-24-14-6-15-25-32)33-26-16-7-17-27-33)34(29-18-8-3-9-19-29)35(30-20-10-4-11-21-30)31-22-12-5-13-23-31/h3-27H,1-2H3/b34-28-. The van der Waals surface area contributed by atoms with Gasteiger partial charge in [-0.15, -0.1) is 0 Å². The minimum absolute atomic E-state index is 0.133. The predicted octanol–water partition coefficient (Wildman–Crippen LogP) is 5.74. The van der Waals surface area contributed by atoms with Crippen LogP contribution in [0.2, 0.25) is 6.55 Å². The molecule has 0 atom stereocenters. The molecule has 0 bridgehead atoms. The van der Waals surface area contributed by atoms with E-state index in [0.29, 0.717) is 0 Å². The van der Waals surface area contributed by atoms with E-state index in [1.807, 2.05) is 0 Å². The Labute approximate surface area is 217 Å². The minimum atomic E-state index is -2.30. The molecule has 0 unspecified atom stereocenters. The summed E-state index contributed by atoms with van der Waals surface area (Å²) in [6, 6.07) is 55.3. The summed E-state index contributed by atoms with van der Waals surface area (Å²) >= 11 is 0. The summed E-state index contributed by atoms with van der Waals surface area (Å²) in [5, 5.41) is 4.35. The smallest absolute Gasteiger partial charge is 0.0788 e. The summed E-state index contributed by atoms with van der Waals surface area (Å²) in [5.41, 5.74) is 5.34. The SMILES string of the molecule is C/C(=C(/B(c1ccccc1)c1ccccc1)c1ccccc1)[Si](C)(c1ccccc1)c1ccccc1. The Morgan fingerprint density at radius 1 is 0.472 bits per heavy atom. The van der Waals surface area contributed by atoms with E-state index in [-0.39, 0.29) is 6.71 Å². The maximum Gasteiger partial charge on any atom is 0.241 e. The molecule has 0 nitrogen and oxygen atoms in total. The topological polar surface area (TPSA) is 0 Å². The summed E-state index contributed by atoms with van der Waals surface area (Å²) in [4.78, 5) is 0. The Morgan fingerprint density at radius 2 is 0.806 bits per heavy atom. The highest BCUT2D eigenvalue weighted by Gasteiger charge is 2.38. The molecular formula is C34H31BSi. The van der Waals surface area contributed by atoms with Crippen LogP contribution in [0.3, 0.4) is 0 Å². The van der Waals surface area contributed by atoms with Crippen LogP contribution >= 0.6 is 0 Å². The van der Waals surface area contributed by atoms with Crippen LogP contribution in [-0.4, -0.2) is 14.8 Å². The molecule has 0 fully saturated rings. The molecule has 0 aliphatic rings. The van der Waals surface area contributed by atoms with Crippen molar-refractivity contribution in [3.63, 3.8) is 0 Å². The molecule has 174 valence electrons. The zero-order valence-corrected chi connectivity index (χ0v) is 22.0. The fourth-order valence-corrected chi connectivity index (χ4v) is 9.19. The molecule has 0 heterocycles. The van der Waals surface area contributed by atoms with Gasteiger partial charge < -0.3 is 0 Å². The molecule has 0 N–H and O–H groups in total. The molecule has 5 aromatic carbocycles. The van der Waals surface area contributed by atoms with Gasteiger partial charge in [0.1, 0.15) is 8.07 Å². The molecule has 5 rings (SSSR count). The molecule has 0 radical (unpaired) electrons. The number of benzene rings is 5. The Morgan fingerprint density at radius 3 is 1.19 bits per heavy atom. The van der Waals surface area contributed by atoms with E-state index in [1.54, 1.807) is 0 Å². The monoisotopic (exact) mass is 478 g/mol.